The van der Waals surface area contributed by atoms with E-state index in [1.54, 1.807) is 0 Å². The van der Waals surface area contributed by atoms with Crippen molar-refractivity contribution in [3.8, 4) is 0 Å². The van der Waals surface area contributed by atoms with Crippen LogP contribution in [0.2, 0.25) is 0 Å². The van der Waals surface area contributed by atoms with E-state index < -0.39 is 6.10 Å². The zero-order valence-electron chi connectivity index (χ0n) is 31.7. The summed E-state index contributed by atoms with van der Waals surface area (Å²) in [6.45, 7) is 8.89. The molecule has 0 aliphatic heterocycles. The molecule has 1 atom stereocenters. The van der Waals surface area contributed by atoms with E-state index in [0.717, 1.165) is 63.7 Å². The molecule has 0 unspecified atom stereocenters. The van der Waals surface area contributed by atoms with Crippen LogP contribution in [0.25, 0.3) is 0 Å². The molecule has 0 spiro atoms. The van der Waals surface area contributed by atoms with Gasteiger partial charge in [0.15, 0.2) is 6.10 Å². The largest absolute Gasteiger partial charge is 0.462 e. The second-order valence-corrected chi connectivity index (χ2v) is 14.4. The van der Waals surface area contributed by atoms with Crippen LogP contribution in [-0.2, 0) is 28.6 Å². The number of esters is 3. The average Bonchev–Trinajstić information content (AvgIpc) is 3.05. The minimum Gasteiger partial charge on any atom is -0.462 e. The van der Waals surface area contributed by atoms with E-state index in [1.165, 1.54) is 116 Å². The van der Waals surface area contributed by atoms with Crippen LogP contribution >= 0.6 is 0 Å². The molecule has 6 nitrogen and oxygen atoms in total. The highest BCUT2D eigenvalue weighted by molar-refractivity contribution is 5.71. The Bertz CT molecular complexity index is 706. The molecule has 0 amide bonds. The monoisotopic (exact) mass is 667 g/mol. The van der Waals surface area contributed by atoms with E-state index in [2.05, 4.69) is 27.7 Å². The summed E-state index contributed by atoms with van der Waals surface area (Å²) in [5, 5.41) is 0. The zero-order valence-corrected chi connectivity index (χ0v) is 31.7. The first-order valence-corrected chi connectivity index (χ1v) is 20.4. The molecule has 0 aromatic rings. The fraction of sp³-hybridized carbons (Fsp3) is 0.927. The lowest BCUT2D eigenvalue weighted by Crippen LogP contribution is -2.30. The number of rotatable bonds is 36. The highest BCUT2D eigenvalue weighted by atomic mass is 16.6. The third kappa shape index (κ3) is 35.5. The Morgan fingerprint density at radius 3 is 1.04 bits per heavy atom. The summed E-state index contributed by atoms with van der Waals surface area (Å²) in [4.78, 5) is 37.4. The second-order valence-electron chi connectivity index (χ2n) is 14.4. The molecule has 0 aliphatic carbocycles. The topological polar surface area (TPSA) is 78.9 Å². The third-order valence-electron chi connectivity index (χ3n) is 9.04. The minimum absolute atomic E-state index is 0.0655. The summed E-state index contributed by atoms with van der Waals surface area (Å²) < 4.78 is 16.6. The Morgan fingerprint density at radius 2 is 0.702 bits per heavy atom. The second kappa shape index (κ2) is 35.7. The van der Waals surface area contributed by atoms with Crippen LogP contribution in [0, 0.1) is 5.92 Å². The van der Waals surface area contributed by atoms with Crippen molar-refractivity contribution >= 4 is 17.9 Å². The predicted molar refractivity (Wildman–Crippen MR) is 196 cm³/mol. The van der Waals surface area contributed by atoms with E-state index >= 15 is 0 Å². The van der Waals surface area contributed by atoms with E-state index in [4.69, 9.17) is 14.2 Å². The molecule has 0 N–H and O–H groups in total. The SMILES string of the molecule is CCCCCCCCCCCCC(=O)OC[C@H](COC(=O)CCCCCCCCCCC)OC(=O)CCCCCCCCCC(C)C. The molecule has 0 bridgehead atoms. The van der Waals surface area contributed by atoms with Crippen molar-refractivity contribution in [2.75, 3.05) is 13.2 Å². The maximum absolute atomic E-state index is 12.6. The quantitative estimate of drug-likeness (QED) is 0.0376. The molecule has 0 aliphatic rings. The number of carbonyl (C=O) groups is 3. The van der Waals surface area contributed by atoms with Gasteiger partial charge in [0.05, 0.1) is 0 Å². The van der Waals surface area contributed by atoms with Crippen molar-refractivity contribution in [2.24, 2.45) is 5.92 Å². The van der Waals surface area contributed by atoms with E-state index in [1.807, 2.05) is 0 Å². The summed E-state index contributed by atoms with van der Waals surface area (Å²) in [6, 6.07) is 0. The van der Waals surface area contributed by atoms with Crippen molar-refractivity contribution in [3.05, 3.63) is 0 Å². The van der Waals surface area contributed by atoms with Crippen molar-refractivity contribution in [2.45, 2.75) is 226 Å². The standard InChI is InChI=1S/C41H78O6/c1-5-7-9-11-13-15-17-21-25-29-33-40(43)46-36-38(35-45-39(42)32-28-24-20-16-14-12-10-8-6-2)47-41(44)34-30-26-22-18-19-23-27-31-37(3)4/h37-38H,5-36H2,1-4H3/t38-/m0/s1. The van der Waals surface area contributed by atoms with Gasteiger partial charge < -0.3 is 14.2 Å². The Kier molecular flexibility index (Phi) is 34.5. The molecule has 0 saturated carbocycles. The van der Waals surface area contributed by atoms with Gasteiger partial charge in [-0.3, -0.25) is 14.4 Å². The van der Waals surface area contributed by atoms with E-state index in [9.17, 15) is 14.4 Å². The first-order chi connectivity index (χ1) is 22.9. The lowest BCUT2D eigenvalue weighted by Gasteiger charge is -2.18. The first-order valence-electron chi connectivity index (χ1n) is 20.4. The van der Waals surface area contributed by atoms with Gasteiger partial charge in [-0.2, -0.15) is 0 Å². The van der Waals surface area contributed by atoms with Crippen LogP contribution in [-0.4, -0.2) is 37.2 Å². The number of unbranched alkanes of at least 4 members (excludes halogenated alkanes) is 23. The summed E-state index contributed by atoms with van der Waals surface area (Å²) in [6.07, 6.45) is 32.4. The number of ether oxygens (including phenoxy) is 3. The maximum atomic E-state index is 12.6. The molecule has 278 valence electrons. The van der Waals surface area contributed by atoms with Gasteiger partial charge in [-0.25, -0.2) is 0 Å². The molecule has 0 heterocycles. The smallest absolute Gasteiger partial charge is 0.306 e. The molecule has 0 saturated heterocycles. The zero-order chi connectivity index (χ0) is 34.6. The molecule has 0 fully saturated rings. The summed E-state index contributed by atoms with van der Waals surface area (Å²) in [7, 11) is 0. The van der Waals surface area contributed by atoms with Gasteiger partial charge in [0.1, 0.15) is 13.2 Å². The minimum atomic E-state index is -0.757. The number of hydrogen-bond acceptors (Lipinski definition) is 6. The van der Waals surface area contributed by atoms with Crippen LogP contribution in [0.5, 0.6) is 0 Å². The highest BCUT2D eigenvalue weighted by Gasteiger charge is 2.19. The van der Waals surface area contributed by atoms with Crippen LogP contribution in [0.1, 0.15) is 220 Å². The first kappa shape index (κ1) is 45.4. The fourth-order valence-electron chi connectivity index (χ4n) is 5.92. The molecule has 0 radical (unpaired) electrons. The Morgan fingerprint density at radius 1 is 0.404 bits per heavy atom. The van der Waals surface area contributed by atoms with Gasteiger partial charge in [0.25, 0.3) is 0 Å². The lowest BCUT2D eigenvalue weighted by molar-refractivity contribution is -0.167. The van der Waals surface area contributed by atoms with Crippen molar-refractivity contribution in [1.82, 2.24) is 0 Å². The molecule has 0 rings (SSSR count). The van der Waals surface area contributed by atoms with Crippen LogP contribution < -0.4 is 0 Å². The van der Waals surface area contributed by atoms with Crippen molar-refractivity contribution < 1.29 is 28.6 Å². The third-order valence-corrected chi connectivity index (χ3v) is 9.04. The van der Waals surface area contributed by atoms with Crippen LogP contribution in [0.3, 0.4) is 0 Å². The molecular formula is C41H78O6. The lowest BCUT2D eigenvalue weighted by atomic mass is 10.0. The van der Waals surface area contributed by atoms with E-state index in [0.29, 0.717) is 19.3 Å². The molecule has 0 aromatic carbocycles. The average molecular weight is 667 g/mol. The summed E-state index contributed by atoms with van der Waals surface area (Å²) >= 11 is 0. The highest BCUT2D eigenvalue weighted by Crippen LogP contribution is 2.15. The Labute approximate surface area is 291 Å². The van der Waals surface area contributed by atoms with Crippen molar-refractivity contribution in [1.29, 1.82) is 0 Å². The van der Waals surface area contributed by atoms with Gasteiger partial charge in [-0.15, -0.1) is 0 Å². The maximum Gasteiger partial charge on any atom is 0.306 e. The Hall–Kier alpha value is -1.59. The fourth-order valence-corrected chi connectivity index (χ4v) is 5.92. The number of hydrogen-bond donors (Lipinski definition) is 0. The summed E-state index contributed by atoms with van der Waals surface area (Å²) in [5.41, 5.74) is 0. The van der Waals surface area contributed by atoms with Gasteiger partial charge in [0.2, 0.25) is 0 Å². The van der Waals surface area contributed by atoms with Gasteiger partial charge in [-0.05, 0) is 25.2 Å². The molecular weight excluding hydrogens is 588 g/mol. The van der Waals surface area contributed by atoms with Crippen LogP contribution in [0.4, 0.5) is 0 Å². The molecule has 0 aromatic heterocycles. The van der Waals surface area contributed by atoms with Crippen molar-refractivity contribution in [3.63, 3.8) is 0 Å². The number of carbonyl (C=O) groups excluding carboxylic acids is 3. The van der Waals surface area contributed by atoms with Gasteiger partial charge in [-0.1, -0.05) is 182 Å². The van der Waals surface area contributed by atoms with Crippen LogP contribution in [0.15, 0.2) is 0 Å². The normalized spacial score (nSPS) is 11.9. The van der Waals surface area contributed by atoms with Gasteiger partial charge in [0, 0.05) is 19.3 Å². The van der Waals surface area contributed by atoms with E-state index in [-0.39, 0.29) is 31.1 Å². The predicted octanol–water partition coefficient (Wildman–Crippen LogP) is 12.4. The summed E-state index contributed by atoms with van der Waals surface area (Å²) in [5.74, 6) is -0.0899. The molecule has 6 heteroatoms. The molecule has 47 heavy (non-hydrogen) atoms. The van der Waals surface area contributed by atoms with Gasteiger partial charge >= 0.3 is 17.9 Å². The Balaban J connectivity index is 4.35.